The molecule has 3 nitrogen and oxygen atoms in total. The molecule has 0 unspecified atom stereocenters. The minimum atomic E-state index is 0.328. The van der Waals surface area contributed by atoms with Gasteiger partial charge in [0.1, 0.15) is 5.82 Å². The van der Waals surface area contributed by atoms with Gasteiger partial charge in [-0.2, -0.15) is 0 Å². The van der Waals surface area contributed by atoms with Gasteiger partial charge in [-0.25, -0.2) is 9.97 Å². The molecule has 1 aliphatic heterocycles. The molecule has 4 heteroatoms. The Hall–Kier alpha value is -0.830. The van der Waals surface area contributed by atoms with Gasteiger partial charge in [0.25, 0.3) is 0 Å². The molecule has 2 heterocycles. The first kappa shape index (κ1) is 6.85. The maximum atomic E-state index is 5.62. The average Bonchev–Trinajstić information content (AvgIpc) is 1.83. The van der Waals surface area contributed by atoms with Gasteiger partial charge in [0, 0.05) is 19.3 Å². The SMILES string of the molecule is Clc1nccc(N2CCC2)n1. The van der Waals surface area contributed by atoms with E-state index in [1.54, 1.807) is 6.20 Å². The summed E-state index contributed by atoms with van der Waals surface area (Å²) in [4.78, 5) is 10.1. The molecule has 1 aliphatic rings. The van der Waals surface area contributed by atoms with Crippen molar-refractivity contribution < 1.29 is 0 Å². The van der Waals surface area contributed by atoms with E-state index in [4.69, 9.17) is 11.6 Å². The fourth-order valence-electron chi connectivity index (χ4n) is 1.05. The molecule has 0 aliphatic carbocycles. The number of nitrogens with zero attached hydrogens (tertiary/aromatic N) is 3. The van der Waals surface area contributed by atoms with Gasteiger partial charge in [-0.1, -0.05) is 0 Å². The highest BCUT2D eigenvalue weighted by Gasteiger charge is 2.15. The van der Waals surface area contributed by atoms with Crippen molar-refractivity contribution in [2.45, 2.75) is 6.42 Å². The summed E-state index contributed by atoms with van der Waals surface area (Å²) in [6, 6.07) is 1.88. The molecule has 0 saturated carbocycles. The number of rotatable bonds is 1. The van der Waals surface area contributed by atoms with Crippen LogP contribution in [0.1, 0.15) is 6.42 Å². The highest BCUT2D eigenvalue weighted by atomic mass is 35.5. The Kier molecular flexibility index (Phi) is 1.66. The Labute approximate surface area is 70.0 Å². The number of halogens is 1. The normalized spacial score (nSPS) is 16.3. The van der Waals surface area contributed by atoms with E-state index in [-0.39, 0.29) is 0 Å². The van der Waals surface area contributed by atoms with Gasteiger partial charge in [0.2, 0.25) is 5.28 Å². The summed E-state index contributed by atoms with van der Waals surface area (Å²) >= 11 is 5.62. The maximum Gasteiger partial charge on any atom is 0.224 e. The first-order valence-electron chi connectivity index (χ1n) is 3.60. The summed E-state index contributed by atoms with van der Waals surface area (Å²) in [6.45, 7) is 2.18. The molecule has 0 spiro atoms. The summed E-state index contributed by atoms with van der Waals surface area (Å²) in [5, 5.41) is 0.328. The van der Waals surface area contributed by atoms with Crippen LogP contribution < -0.4 is 4.90 Å². The van der Waals surface area contributed by atoms with Gasteiger partial charge in [0.15, 0.2) is 0 Å². The van der Waals surface area contributed by atoms with Gasteiger partial charge in [-0.05, 0) is 24.1 Å². The molecule has 0 N–H and O–H groups in total. The smallest absolute Gasteiger partial charge is 0.224 e. The zero-order valence-corrected chi connectivity index (χ0v) is 6.75. The maximum absolute atomic E-state index is 5.62. The van der Waals surface area contributed by atoms with E-state index in [1.807, 2.05) is 6.07 Å². The van der Waals surface area contributed by atoms with Crippen LogP contribution in [0.2, 0.25) is 5.28 Å². The van der Waals surface area contributed by atoms with Crippen molar-refractivity contribution in [1.82, 2.24) is 9.97 Å². The van der Waals surface area contributed by atoms with E-state index in [1.165, 1.54) is 6.42 Å². The van der Waals surface area contributed by atoms with Gasteiger partial charge in [-0.3, -0.25) is 0 Å². The van der Waals surface area contributed by atoms with E-state index < -0.39 is 0 Å². The second-order valence-corrected chi connectivity index (χ2v) is 2.86. The highest BCUT2D eigenvalue weighted by molar-refractivity contribution is 6.28. The lowest BCUT2D eigenvalue weighted by atomic mass is 10.2. The first-order valence-corrected chi connectivity index (χ1v) is 3.97. The third-order valence-corrected chi connectivity index (χ3v) is 1.97. The highest BCUT2D eigenvalue weighted by Crippen LogP contribution is 2.17. The van der Waals surface area contributed by atoms with Crippen molar-refractivity contribution in [1.29, 1.82) is 0 Å². The molecule has 1 saturated heterocycles. The molecule has 1 aromatic rings. The summed E-state index contributed by atoms with van der Waals surface area (Å²) in [7, 11) is 0. The molecule has 0 amide bonds. The standard InChI is InChI=1S/C7H8ClN3/c8-7-9-3-2-6(10-7)11-4-1-5-11/h2-3H,1,4-5H2. The summed E-state index contributed by atoms with van der Waals surface area (Å²) in [6.07, 6.45) is 2.94. The first-order chi connectivity index (χ1) is 5.36. The Morgan fingerprint density at radius 1 is 1.45 bits per heavy atom. The van der Waals surface area contributed by atoms with Crippen molar-refractivity contribution in [2.24, 2.45) is 0 Å². The van der Waals surface area contributed by atoms with Crippen LogP contribution >= 0.6 is 11.6 Å². The minimum Gasteiger partial charge on any atom is -0.356 e. The number of anilines is 1. The van der Waals surface area contributed by atoms with Gasteiger partial charge < -0.3 is 4.90 Å². The Morgan fingerprint density at radius 2 is 2.27 bits per heavy atom. The second-order valence-electron chi connectivity index (χ2n) is 2.52. The zero-order chi connectivity index (χ0) is 7.68. The average molecular weight is 170 g/mol. The lowest BCUT2D eigenvalue weighted by Gasteiger charge is -2.31. The number of hydrogen-bond acceptors (Lipinski definition) is 3. The second kappa shape index (κ2) is 2.66. The van der Waals surface area contributed by atoms with Gasteiger partial charge in [-0.15, -0.1) is 0 Å². The summed E-state index contributed by atoms with van der Waals surface area (Å²) in [5.41, 5.74) is 0. The van der Waals surface area contributed by atoms with Crippen LogP contribution in [0.25, 0.3) is 0 Å². The van der Waals surface area contributed by atoms with Crippen LogP contribution in [0.15, 0.2) is 12.3 Å². The Morgan fingerprint density at radius 3 is 2.82 bits per heavy atom. The predicted molar refractivity (Wildman–Crippen MR) is 43.9 cm³/mol. The fourth-order valence-corrected chi connectivity index (χ4v) is 1.19. The van der Waals surface area contributed by atoms with Crippen LogP contribution in [0, 0.1) is 0 Å². The van der Waals surface area contributed by atoms with Crippen molar-refractivity contribution in [3.8, 4) is 0 Å². The van der Waals surface area contributed by atoms with Crippen molar-refractivity contribution in [3.05, 3.63) is 17.5 Å². The molecule has 0 bridgehead atoms. The van der Waals surface area contributed by atoms with Crippen molar-refractivity contribution in [3.63, 3.8) is 0 Å². The van der Waals surface area contributed by atoms with E-state index in [0.29, 0.717) is 5.28 Å². The third kappa shape index (κ3) is 1.28. The molecule has 0 atom stereocenters. The minimum absolute atomic E-state index is 0.328. The molecule has 2 rings (SSSR count). The van der Waals surface area contributed by atoms with E-state index in [9.17, 15) is 0 Å². The lowest BCUT2D eigenvalue weighted by molar-refractivity contribution is 0.609. The zero-order valence-electron chi connectivity index (χ0n) is 6.00. The molecule has 0 aromatic carbocycles. The Bertz CT molecular complexity index is 260. The van der Waals surface area contributed by atoms with Crippen molar-refractivity contribution in [2.75, 3.05) is 18.0 Å². The third-order valence-electron chi connectivity index (χ3n) is 1.79. The molecule has 1 fully saturated rings. The van der Waals surface area contributed by atoms with E-state index in [0.717, 1.165) is 18.9 Å². The van der Waals surface area contributed by atoms with Crippen molar-refractivity contribution >= 4 is 17.4 Å². The van der Waals surface area contributed by atoms with Gasteiger partial charge in [0.05, 0.1) is 0 Å². The molecule has 11 heavy (non-hydrogen) atoms. The topological polar surface area (TPSA) is 29.0 Å². The Balaban J connectivity index is 2.23. The number of hydrogen-bond donors (Lipinski definition) is 0. The van der Waals surface area contributed by atoms with Crippen LogP contribution in [-0.4, -0.2) is 23.1 Å². The molecule has 0 radical (unpaired) electrons. The molecular weight excluding hydrogens is 162 g/mol. The van der Waals surface area contributed by atoms with Crippen LogP contribution in [0.5, 0.6) is 0 Å². The number of aromatic nitrogens is 2. The van der Waals surface area contributed by atoms with Crippen LogP contribution in [-0.2, 0) is 0 Å². The van der Waals surface area contributed by atoms with E-state index >= 15 is 0 Å². The summed E-state index contributed by atoms with van der Waals surface area (Å²) in [5.74, 6) is 0.941. The lowest BCUT2D eigenvalue weighted by Crippen LogP contribution is -2.37. The monoisotopic (exact) mass is 169 g/mol. The van der Waals surface area contributed by atoms with E-state index in [2.05, 4.69) is 14.9 Å². The largest absolute Gasteiger partial charge is 0.356 e. The molecule has 58 valence electrons. The predicted octanol–water partition coefficient (Wildman–Crippen LogP) is 1.34. The summed E-state index contributed by atoms with van der Waals surface area (Å²) < 4.78 is 0. The van der Waals surface area contributed by atoms with Crippen LogP contribution in [0.4, 0.5) is 5.82 Å². The molecular formula is C7H8ClN3. The quantitative estimate of drug-likeness (QED) is 0.595. The van der Waals surface area contributed by atoms with Crippen LogP contribution in [0.3, 0.4) is 0 Å². The molecule has 1 aromatic heterocycles. The fraction of sp³-hybridized carbons (Fsp3) is 0.429. The van der Waals surface area contributed by atoms with Gasteiger partial charge >= 0.3 is 0 Å².